The van der Waals surface area contributed by atoms with Crippen molar-refractivity contribution in [2.75, 3.05) is 34.4 Å². The molecule has 37 heavy (non-hydrogen) atoms. The minimum Gasteiger partial charge on any atom is -0.774 e. The highest BCUT2D eigenvalue weighted by Crippen LogP contribution is 2.47. The van der Waals surface area contributed by atoms with Gasteiger partial charge in [-0.2, -0.15) is 0 Å². The molecule has 0 aliphatic rings. The Morgan fingerprint density at radius 2 is 1.32 bits per heavy atom. The Hall–Kier alpha value is -0.980. The molecule has 0 aromatic carbocycles. The summed E-state index contributed by atoms with van der Waals surface area (Å²) in [5, 5.41) is 9.96. The van der Waals surface area contributed by atoms with E-state index in [1.807, 2.05) is 0 Å². The van der Waals surface area contributed by atoms with E-state index in [1.165, 1.54) is 57.8 Å². The molecule has 8 heteroatoms. The monoisotopic (exact) mass is 545 g/mol. The van der Waals surface area contributed by atoms with Crippen molar-refractivity contribution in [2.24, 2.45) is 0 Å². The summed E-state index contributed by atoms with van der Waals surface area (Å²) in [7, 11) is 1.20. The number of esters is 1. The highest BCUT2D eigenvalue weighted by Gasteiger charge is 2.34. The number of nitrogens with zero attached hydrogens (tertiary/aromatic N) is 1. The first-order chi connectivity index (χ1) is 17.5. The van der Waals surface area contributed by atoms with Crippen LogP contribution >= 0.6 is 7.60 Å². The summed E-state index contributed by atoms with van der Waals surface area (Å²) in [5.74, 6) is -1.07. The fourth-order valence-electron chi connectivity index (χ4n) is 4.18. The highest BCUT2D eigenvalue weighted by molar-refractivity contribution is 7.51. The number of carbonyl (C=O) groups is 1. The Morgan fingerprint density at radius 3 is 1.84 bits per heavy atom. The average Bonchev–Trinajstić information content (AvgIpc) is 2.82. The molecular formula is C29H56NO6P. The second-order valence-electron chi connectivity index (χ2n) is 10.9. The summed E-state index contributed by atoms with van der Waals surface area (Å²) in [5.41, 5.74) is 0. The third-order valence-electron chi connectivity index (χ3n) is 6.29. The number of quaternary nitrogens is 1. The van der Waals surface area contributed by atoms with Gasteiger partial charge >= 0.3 is 5.97 Å². The number of rotatable bonds is 24. The van der Waals surface area contributed by atoms with E-state index in [1.54, 1.807) is 28.1 Å². The van der Waals surface area contributed by atoms with Gasteiger partial charge in [0.1, 0.15) is 12.7 Å². The van der Waals surface area contributed by atoms with E-state index in [4.69, 9.17) is 9.26 Å². The first kappa shape index (κ1) is 36.0. The predicted molar refractivity (Wildman–Crippen MR) is 151 cm³/mol. The first-order valence-electron chi connectivity index (χ1n) is 14.4. The fourth-order valence-corrected chi connectivity index (χ4v) is 6.03. The van der Waals surface area contributed by atoms with Gasteiger partial charge in [0.2, 0.25) is 0 Å². The Bertz CT molecular complexity index is 674. The van der Waals surface area contributed by atoms with E-state index in [0.717, 1.165) is 25.7 Å². The van der Waals surface area contributed by atoms with Crippen molar-refractivity contribution in [2.45, 2.75) is 122 Å². The maximum absolute atomic E-state index is 12.4. The molecule has 0 rings (SSSR count). The van der Waals surface area contributed by atoms with Gasteiger partial charge in [0.05, 0.1) is 27.7 Å². The van der Waals surface area contributed by atoms with Gasteiger partial charge in [-0.15, -0.1) is 0 Å². The van der Waals surface area contributed by atoms with Crippen molar-refractivity contribution >= 4 is 13.6 Å². The highest BCUT2D eigenvalue weighted by atomic mass is 31.2. The van der Waals surface area contributed by atoms with Gasteiger partial charge in [0.15, 0.2) is 13.4 Å². The lowest BCUT2D eigenvalue weighted by atomic mass is 10.1. The number of hydrogen-bond donors (Lipinski definition) is 1. The minimum absolute atomic E-state index is 0.219. The average molecular weight is 546 g/mol. The van der Waals surface area contributed by atoms with Crippen molar-refractivity contribution < 1.29 is 33.1 Å². The van der Waals surface area contributed by atoms with Crippen LogP contribution in [0.5, 0.6) is 0 Å². The Morgan fingerprint density at radius 1 is 0.838 bits per heavy atom. The maximum Gasteiger partial charge on any atom is 0.305 e. The quantitative estimate of drug-likeness (QED) is 0.0489. The molecule has 218 valence electrons. The molecule has 0 heterocycles. The number of unbranched alkanes of at least 4 members (excludes halogenated alkanes) is 10. The zero-order valence-corrected chi connectivity index (χ0v) is 25.3. The molecule has 2 unspecified atom stereocenters. The van der Waals surface area contributed by atoms with Crippen LogP contribution in [0.2, 0.25) is 0 Å². The van der Waals surface area contributed by atoms with Gasteiger partial charge in [-0.25, -0.2) is 0 Å². The summed E-state index contributed by atoms with van der Waals surface area (Å²) in [4.78, 5) is 24.3. The number of ether oxygens (including phenoxy) is 1. The smallest absolute Gasteiger partial charge is 0.305 e. The Balaban J connectivity index is 3.69. The SMILES string of the molecule is CCC/C=C\CCCC/C=C\CCCCCCCCC(=O)OC[C@@H](O)COP(=O)([O-])C(CC)[N+](C)(C)C. The topological polar surface area (TPSA) is 95.9 Å². The van der Waals surface area contributed by atoms with E-state index >= 15 is 0 Å². The van der Waals surface area contributed by atoms with Crippen LogP contribution < -0.4 is 4.89 Å². The van der Waals surface area contributed by atoms with Gasteiger partial charge < -0.3 is 28.3 Å². The van der Waals surface area contributed by atoms with Gasteiger partial charge in [-0.1, -0.05) is 70.3 Å². The molecule has 0 aromatic rings. The van der Waals surface area contributed by atoms with Gasteiger partial charge in [0.25, 0.3) is 0 Å². The van der Waals surface area contributed by atoms with E-state index < -0.39 is 26.1 Å². The molecule has 0 spiro atoms. The molecule has 0 aliphatic heterocycles. The number of aliphatic hydroxyl groups is 1. The van der Waals surface area contributed by atoms with E-state index in [-0.39, 0.29) is 17.1 Å². The van der Waals surface area contributed by atoms with Crippen molar-refractivity contribution in [3.05, 3.63) is 24.3 Å². The Labute approximate surface area is 227 Å². The number of aliphatic hydroxyl groups excluding tert-OH is 1. The van der Waals surface area contributed by atoms with Crippen LogP contribution in [0.4, 0.5) is 0 Å². The fraction of sp³-hybridized carbons (Fsp3) is 0.828. The number of allylic oxidation sites excluding steroid dienone is 4. The normalized spacial score (nSPS) is 15.8. The van der Waals surface area contributed by atoms with Crippen molar-refractivity contribution in [1.29, 1.82) is 0 Å². The molecule has 0 amide bonds. The van der Waals surface area contributed by atoms with Crippen molar-refractivity contribution in [3.8, 4) is 0 Å². The standard InChI is InChI=1S/C29H56NO6P/c1-6-8-9-10-11-12-13-14-15-16-17-18-19-20-21-22-23-24-29(32)35-25-27(31)26-36-37(33,34)28(7-2)30(3,4)5/h9-10,15-16,27-28,31H,6-8,11-14,17-26H2,1-5H3/b10-9-,16-15-/t27-,28?/m1/s1. The summed E-state index contributed by atoms with van der Waals surface area (Å²) in [6.07, 6.45) is 23.7. The molecular weight excluding hydrogens is 489 g/mol. The van der Waals surface area contributed by atoms with Crippen LogP contribution in [0, 0.1) is 0 Å². The lowest BCUT2D eigenvalue weighted by Crippen LogP contribution is -2.47. The second kappa shape index (κ2) is 21.9. The molecule has 0 radical (unpaired) electrons. The van der Waals surface area contributed by atoms with Gasteiger partial charge in [-0.3, -0.25) is 4.79 Å². The summed E-state index contributed by atoms with van der Waals surface area (Å²) in [6.45, 7) is 3.33. The maximum atomic E-state index is 12.4. The molecule has 0 aromatic heterocycles. The summed E-state index contributed by atoms with van der Waals surface area (Å²) < 4.78 is 22.7. The van der Waals surface area contributed by atoms with Crippen LogP contribution in [0.3, 0.4) is 0 Å². The molecule has 0 saturated carbocycles. The van der Waals surface area contributed by atoms with Crippen molar-refractivity contribution in [1.82, 2.24) is 0 Å². The summed E-state index contributed by atoms with van der Waals surface area (Å²) in [6, 6.07) is 0. The second-order valence-corrected chi connectivity index (χ2v) is 12.8. The third-order valence-corrected chi connectivity index (χ3v) is 8.59. The van der Waals surface area contributed by atoms with Gasteiger partial charge in [0, 0.05) is 12.8 Å². The van der Waals surface area contributed by atoms with E-state index in [9.17, 15) is 19.4 Å². The third kappa shape index (κ3) is 20.6. The molecule has 0 bridgehead atoms. The molecule has 0 fully saturated rings. The number of carbonyl (C=O) groups excluding carboxylic acids is 1. The molecule has 3 atom stereocenters. The first-order valence-corrected chi connectivity index (χ1v) is 16.1. The van der Waals surface area contributed by atoms with Crippen LogP contribution in [0.1, 0.15) is 110 Å². The molecule has 0 saturated heterocycles. The largest absolute Gasteiger partial charge is 0.774 e. The summed E-state index contributed by atoms with van der Waals surface area (Å²) >= 11 is 0. The Kier molecular flexibility index (Phi) is 21.3. The van der Waals surface area contributed by atoms with Crippen LogP contribution in [-0.2, 0) is 18.6 Å². The van der Waals surface area contributed by atoms with E-state index in [0.29, 0.717) is 12.8 Å². The zero-order chi connectivity index (χ0) is 28.0. The van der Waals surface area contributed by atoms with Gasteiger partial charge in [-0.05, 0) is 51.4 Å². The zero-order valence-electron chi connectivity index (χ0n) is 24.4. The molecule has 0 aliphatic carbocycles. The predicted octanol–water partition coefficient (Wildman–Crippen LogP) is 6.50. The number of hydrogen-bond acceptors (Lipinski definition) is 6. The van der Waals surface area contributed by atoms with Crippen LogP contribution in [0.15, 0.2) is 24.3 Å². The molecule has 1 N–H and O–H groups in total. The van der Waals surface area contributed by atoms with E-state index in [2.05, 4.69) is 31.2 Å². The minimum atomic E-state index is -4.16. The van der Waals surface area contributed by atoms with Crippen molar-refractivity contribution in [3.63, 3.8) is 0 Å². The van der Waals surface area contributed by atoms with Crippen LogP contribution in [0.25, 0.3) is 0 Å². The molecule has 7 nitrogen and oxygen atoms in total. The lowest BCUT2D eigenvalue weighted by Gasteiger charge is -2.41. The lowest BCUT2D eigenvalue weighted by molar-refractivity contribution is -0.884. The van der Waals surface area contributed by atoms with Crippen LogP contribution in [-0.4, -0.2) is 61.8 Å².